The summed E-state index contributed by atoms with van der Waals surface area (Å²) in [7, 11) is 0. The molecule has 0 bridgehead atoms. The number of hydrogen-bond acceptors (Lipinski definition) is 1. The van der Waals surface area contributed by atoms with Crippen molar-refractivity contribution in [1.82, 2.24) is 0 Å². The van der Waals surface area contributed by atoms with Crippen LogP contribution in [0.5, 0.6) is 0 Å². The van der Waals surface area contributed by atoms with Crippen molar-refractivity contribution >= 4 is 5.69 Å². The maximum atomic E-state index is 3.49. The zero-order valence-corrected chi connectivity index (χ0v) is 8.00. The molecule has 70 valence electrons. The Kier molecular flexibility index (Phi) is 2.86. The number of nitrogens with one attached hydrogen (secondary N) is 1. The van der Waals surface area contributed by atoms with Crippen molar-refractivity contribution < 1.29 is 0 Å². The van der Waals surface area contributed by atoms with Crippen LogP contribution in [0.2, 0.25) is 0 Å². The third-order valence-corrected chi connectivity index (χ3v) is 2.84. The Morgan fingerprint density at radius 3 is 2.46 bits per heavy atom. The van der Waals surface area contributed by atoms with Gasteiger partial charge in [0, 0.05) is 12.2 Å². The normalized spacial score (nSPS) is 17.5. The number of para-hydroxylation sites is 1. The van der Waals surface area contributed by atoms with Gasteiger partial charge in [0.05, 0.1) is 0 Å². The first-order chi connectivity index (χ1) is 6.45. The molecule has 1 fully saturated rings. The molecule has 1 nitrogen and oxygen atoms in total. The smallest absolute Gasteiger partial charge is 0.0340 e. The highest BCUT2D eigenvalue weighted by molar-refractivity contribution is 5.42. The van der Waals surface area contributed by atoms with Gasteiger partial charge in [0.2, 0.25) is 0 Å². The lowest BCUT2D eigenvalue weighted by Crippen LogP contribution is -2.10. The largest absolute Gasteiger partial charge is 0.385 e. The van der Waals surface area contributed by atoms with E-state index in [0.717, 1.165) is 12.5 Å². The van der Waals surface area contributed by atoms with E-state index in [1.54, 1.807) is 0 Å². The van der Waals surface area contributed by atoms with Gasteiger partial charge in [-0.2, -0.15) is 0 Å². The first-order valence-corrected chi connectivity index (χ1v) is 5.24. The van der Waals surface area contributed by atoms with E-state index in [-0.39, 0.29) is 0 Å². The van der Waals surface area contributed by atoms with Crippen LogP contribution in [-0.2, 0) is 0 Å². The molecule has 0 unspecified atom stereocenters. The minimum absolute atomic E-state index is 0.917. The highest BCUT2D eigenvalue weighted by Crippen LogP contribution is 2.24. The molecule has 1 aliphatic rings. The molecule has 0 radical (unpaired) electrons. The predicted octanol–water partition coefficient (Wildman–Crippen LogP) is 3.29. The minimum atomic E-state index is 0.917. The van der Waals surface area contributed by atoms with Gasteiger partial charge in [-0.05, 0) is 30.9 Å². The summed E-state index contributed by atoms with van der Waals surface area (Å²) in [6, 6.07) is 10.5. The lowest BCUT2D eigenvalue weighted by molar-refractivity contribution is 0.580. The topological polar surface area (TPSA) is 12.0 Å². The van der Waals surface area contributed by atoms with Gasteiger partial charge in [0.25, 0.3) is 0 Å². The van der Waals surface area contributed by atoms with Crippen LogP contribution in [0.3, 0.4) is 0 Å². The van der Waals surface area contributed by atoms with Gasteiger partial charge in [-0.15, -0.1) is 0 Å². The van der Waals surface area contributed by atoms with Crippen LogP contribution in [0.25, 0.3) is 0 Å². The first kappa shape index (κ1) is 8.61. The Morgan fingerprint density at radius 2 is 1.77 bits per heavy atom. The van der Waals surface area contributed by atoms with Crippen LogP contribution in [0.15, 0.2) is 30.3 Å². The van der Waals surface area contributed by atoms with Crippen LogP contribution in [-0.4, -0.2) is 6.54 Å². The van der Waals surface area contributed by atoms with E-state index in [1.807, 2.05) is 0 Å². The summed E-state index contributed by atoms with van der Waals surface area (Å²) < 4.78 is 0. The molecule has 0 heterocycles. The highest BCUT2D eigenvalue weighted by Gasteiger charge is 2.13. The van der Waals surface area contributed by atoms with Gasteiger partial charge in [-0.1, -0.05) is 31.0 Å². The van der Waals surface area contributed by atoms with E-state index in [9.17, 15) is 0 Å². The molecular formula is C12H17N. The van der Waals surface area contributed by atoms with Gasteiger partial charge >= 0.3 is 0 Å². The Labute approximate surface area is 80.2 Å². The number of rotatable bonds is 3. The van der Waals surface area contributed by atoms with Gasteiger partial charge in [0.1, 0.15) is 0 Å². The summed E-state index contributed by atoms with van der Waals surface area (Å²) in [6.45, 7) is 1.16. The monoisotopic (exact) mass is 175 g/mol. The molecule has 1 aliphatic carbocycles. The number of benzene rings is 1. The molecule has 0 amide bonds. The van der Waals surface area contributed by atoms with E-state index in [2.05, 4.69) is 35.6 Å². The van der Waals surface area contributed by atoms with Crippen molar-refractivity contribution in [2.75, 3.05) is 11.9 Å². The van der Waals surface area contributed by atoms with Gasteiger partial charge < -0.3 is 5.32 Å². The van der Waals surface area contributed by atoms with Crippen LogP contribution in [0.1, 0.15) is 25.7 Å². The van der Waals surface area contributed by atoms with E-state index < -0.39 is 0 Å². The Balaban J connectivity index is 1.79. The average Bonchev–Trinajstić information content (AvgIpc) is 2.69. The van der Waals surface area contributed by atoms with Crippen LogP contribution >= 0.6 is 0 Å². The summed E-state index contributed by atoms with van der Waals surface area (Å²) in [6.07, 6.45) is 5.70. The van der Waals surface area contributed by atoms with Crippen LogP contribution in [0, 0.1) is 5.92 Å². The highest BCUT2D eigenvalue weighted by atomic mass is 14.9. The lowest BCUT2D eigenvalue weighted by atomic mass is 10.1. The average molecular weight is 175 g/mol. The van der Waals surface area contributed by atoms with Gasteiger partial charge in [-0.25, -0.2) is 0 Å². The van der Waals surface area contributed by atoms with Gasteiger partial charge in [-0.3, -0.25) is 0 Å². The number of hydrogen-bond donors (Lipinski definition) is 1. The summed E-state index contributed by atoms with van der Waals surface area (Å²) >= 11 is 0. The van der Waals surface area contributed by atoms with Crippen LogP contribution < -0.4 is 5.32 Å². The summed E-state index contributed by atoms with van der Waals surface area (Å²) in [5, 5.41) is 3.49. The summed E-state index contributed by atoms with van der Waals surface area (Å²) in [5.74, 6) is 0.917. The molecule has 0 aliphatic heterocycles. The van der Waals surface area contributed by atoms with Crippen LogP contribution in [0.4, 0.5) is 5.69 Å². The Morgan fingerprint density at radius 1 is 1.08 bits per heavy atom. The fourth-order valence-electron chi connectivity index (χ4n) is 2.03. The Bertz CT molecular complexity index is 237. The fourth-order valence-corrected chi connectivity index (χ4v) is 2.03. The molecule has 13 heavy (non-hydrogen) atoms. The molecule has 2 rings (SSSR count). The molecule has 0 saturated heterocycles. The van der Waals surface area contributed by atoms with Crippen molar-refractivity contribution in [3.63, 3.8) is 0 Å². The second kappa shape index (κ2) is 4.31. The molecule has 1 aromatic carbocycles. The van der Waals surface area contributed by atoms with Crippen molar-refractivity contribution in [2.24, 2.45) is 5.92 Å². The molecule has 0 spiro atoms. The number of anilines is 1. The summed E-state index contributed by atoms with van der Waals surface area (Å²) in [5.41, 5.74) is 1.26. The standard InChI is InChI=1S/C12H17N/c1-2-8-12(9-3-1)13-10-11-6-4-5-7-11/h1-3,8-9,11,13H,4-7,10H2. The predicted molar refractivity (Wildman–Crippen MR) is 56.9 cm³/mol. The third-order valence-electron chi connectivity index (χ3n) is 2.84. The second-order valence-corrected chi connectivity index (χ2v) is 3.90. The molecule has 1 saturated carbocycles. The molecule has 0 atom stereocenters. The second-order valence-electron chi connectivity index (χ2n) is 3.90. The van der Waals surface area contributed by atoms with E-state index in [1.165, 1.54) is 31.4 Å². The molecule has 0 aromatic heterocycles. The third kappa shape index (κ3) is 2.48. The molecule has 1 aromatic rings. The fraction of sp³-hybridized carbons (Fsp3) is 0.500. The zero-order valence-electron chi connectivity index (χ0n) is 8.00. The summed E-state index contributed by atoms with van der Waals surface area (Å²) in [4.78, 5) is 0. The van der Waals surface area contributed by atoms with E-state index in [4.69, 9.17) is 0 Å². The molecule has 1 N–H and O–H groups in total. The molecular weight excluding hydrogens is 158 g/mol. The Hall–Kier alpha value is -0.980. The van der Waals surface area contributed by atoms with Crippen molar-refractivity contribution in [3.8, 4) is 0 Å². The van der Waals surface area contributed by atoms with Gasteiger partial charge in [0.15, 0.2) is 0 Å². The SMILES string of the molecule is c1ccc(NCC2CCCC2)cc1. The maximum absolute atomic E-state index is 3.49. The van der Waals surface area contributed by atoms with Crippen molar-refractivity contribution in [2.45, 2.75) is 25.7 Å². The van der Waals surface area contributed by atoms with E-state index >= 15 is 0 Å². The quantitative estimate of drug-likeness (QED) is 0.743. The lowest BCUT2D eigenvalue weighted by Gasteiger charge is -2.11. The van der Waals surface area contributed by atoms with Crippen molar-refractivity contribution in [1.29, 1.82) is 0 Å². The van der Waals surface area contributed by atoms with E-state index in [0.29, 0.717) is 0 Å². The first-order valence-electron chi connectivity index (χ1n) is 5.24. The zero-order chi connectivity index (χ0) is 8.93. The molecule has 1 heteroatoms. The minimum Gasteiger partial charge on any atom is -0.385 e. The van der Waals surface area contributed by atoms with Crippen molar-refractivity contribution in [3.05, 3.63) is 30.3 Å². The maximum Gasteiger partial charge on any atom is 0.0340 e.